The molecule has 0 bridgehead atoms. The summed E-state index contributed by atoms with van der Waals surface area (Å²) in [5, 5.41) is 3.43. The van der Waals surface area contributed by atoms with Crippen molar-refractivity contribution in [1.82, 2.24) is 19.8 Å². The lowest BCUT2D eigenvalue weighted by atomic mass is 10.00. The van der Waals surface area contributed by atoms with Crippen LogP contribution in [0.4, 0.5) is 0 Å². The Labute approximate surface area is 134 Å². The van der Waals surface area contributed by atoms with Crippen molar-refractivity contribution in [2.45, 2.75) is 53.6 Å². The van der Waals surface area contributed by atoms with Gasteiger partial charge >= 0.3 is 0 Å². The van der Waals surface area contributed by atoms with E-state index in [0.717, 1.165) is 43.9 Å². The Morgan fingerprint density at radius 2 is 2.14 bits per heavy atom. The molecule has 1 aliphatic heterocycles. The van der Waals surface area contributed by atoms with Crippen molar-refractivity contribution in [3.8, 4) is 0 Å². The summed E-state index contributed by atoms with van der Waals surface area (Å²) >= 11 is 0. The first-order chi connectivity index (χ1) is 10.6. The maximum atomic E-state index is 4.82. The molecule has 0 atom stereocenters. The average Bonchev–Trinajstić information content (AvgIpc) is 2.91. The summed E-state index contributed by atoms with van der Waals surface area (Å²) in [4.78, 5) is 11.7. The number of piperidine rings is 1. The normalized spacial score (nSPS) is 17.3. The van der Waals surface area contributed by atoms with Crippen molar-refractivity contribution in [3.63, 3.8) is 0 Å². The van der Waals surface area contributed by atoms with E-state index in [9.17, 15) is 0 Å². The molecule has 1 aromatic heterocycles. The highest BCUT2D eigenvalue weighted by Gasteiger charge is 2.18. The van der Waals surface area contributed by atoms with Crippen LogP contribution in [-0.2, 0) is 13.1 Å². The Kier molecular flexibility index (Phi) is 6.28. The zero-order chi connectivity index (χ0) is 15.9. The molecule has 0 unspecified atom stereocenters. The maximum absolute atomic E-state index is 4.82. The van der Waals surface area contributed by atoms with Crippen LogP contribution >= 0.6 is 0 Å². The third kappa shape index (κ3) is 4.75. The molecule has 22 heavy (non-hydrogen) atoms. The number of nitrogens with one attached hydrogen (secondary N) is 1. The quantitative estimate of drug-likeness (QED) is 0.672. The van der Waals surface area contributed by atoms with Gasteiger partial charge in [0.05, 0.1) is 0 Å². The SMILES string of the molecule is CCNC(=NCc1nccn1CC(C)C)N1CCC(C)CC1. The fraction of sp³-hybridized carbons (Fsp3) is 0.765. The minimum atomic E-state index is 0.619. The Morgan fingerprint density at radius 1 is 1.41 bits per heavy atom. The van der Waals surface area contributed by atoms with Crippen molar-refractivity contribution >= 4 is 5.96 Å². The molecule has 1 saturated heterocycles. The molecule has 5 nitrogen and oxygen atoms in total. The van der Waals surface area contributed by atoms with Gasteiger partial charge in [0.2, 0.25) is 0 Å². The van der Waals surface area contributed by atoms with Crippen molar-refractivity contribution in [1.29, 1.82) is 0 Å². The molecule has 1 N–H and O–H groups in total. The molecular formula is C17H31N5. The van der Waals surface area contributed by atoms with Crippen LogP contribution in [0.3, 0.4) is 0 Å². The number of aliphatic imine (C=N–C) groups is 1. The highest BCUT2D eigenvalue weighted by Crippen LogP contribution is 2.16. The van der Waals surface area contributed by atoms with Crippen LogP contribution in [0.1, 0.15) is 46.4 Å². The highest BCUT2D eigenvalue weighted by atomic mass is 15.3. The van der Waals surface area contributed by atoms with E-state index in [1.165, 1.54) is 12.8 Å². The lowest BCUT2D eigenvalue weighted by Crippen LogP contribution is -2.45. The van der Waals surface area contributed by atoms with Crippen molar-refractivity contribution in [2.75, 3.05) is 19.6 Å². The summed E-state index contributed by atoms with van der Waals surface area (Å²) in [6.07, 6.45) is 6.45. The second-order valence-electron chi connectivity index (χ2n) is 6.73. The summed E-state index contributed by atoms with van der Waals surface area (Å²) in [6.45, 7) is 13.7. The van der Waals surface area contributed by atoms with E-state index in [4.69, 9.17) is 4.99 Å². The summed E-state index contributed by atoms with van der Waals surface area (Å²) in [5.74, 6) is 3.54. The van der Waals surface area contributed by atoms with Gasteiger partial charge in [0.15, 0.2) is 5.96 Å². The molecule has 0 aliphatic carbocycles. The molecule has 2 heterocycles. The Morgan fingerprint density at radius 3 is 2.77 bits per heavy atom. The predicted octanol–water partition coefficient (Wildman–Crippen LogP) is 2.74. The topological polar surface area (TPSA) is 45.5 Å². The second kappa shape index (κ2) is 8.20. The lowest BCUT2D eigenvalue weighted by molar-refractivity contribution is 0.273. The van der Waals surface area contributed by atoms with E-state index in [0.29, 0.717) is 12.5 Å². The average molecular weight is 305 g/mol. The van der Waals surface area contributed by atoms with Crippen molar-refractivity contribution < 1.29 is 0 Å². The van der Waals surface area contributed by atoms with Gasteiger partial charge in [-0.05, 0) is 31.6 Å². The number of hydrogen-bond acceptors (Lipinski definition) is 2. The van der Waals surface area contributed by atoms with Crippen LogP contribution in [0.5, 0.6) is 0 Å². The molecule has 0 amide bonds. The van der Waals surface area contributed by atoms with E-state index in [1.807, 2.05) is 6.20 Å². The molecule has 0 saturated carbocycles. The molecule has 1 aliphatic rings. The highest BCUT2D eigenvalue weighted by molar-refractivity contribution is 5.80. The predicted molar refractivity (Wildman–Crippen MR) is 91.9 cm³/mol. The van der Waals surface area contributed by atoms with Crippen LogP contribution in [0.2, 0.25) is 0 Å². The molecule has 0 aromatic carbocycles. The lowest BCUT2D eigenvalue weighted by Gasteiger charge is -2.33. The zero-order valence-corrected chi connectivity index (χ0v) is 14.5. The fourth-order valence-corrected chi connectivity index (χ4v) is 2.84. The van der Waals surface area contributed by atoms with Gasteiger partial charge < -0.3 is 14.8 Å². The molecule has 0 radical (unpaired) electrons. The van der Waals surface area contributed by atoms with E-state index < -0.39 is 0 Å². The van der Waals surface area contributed by atoms with Gasteiger partial charge in [0.25, 0.3) is 0 Å². The van der Waals surface area contributed by atoms with E-state index in [-0.39, 0.29) is 0 Å². The van der Waals surface area contributed by atoms with Gasteiger partial charge in [-0.2, -0.15) is 0 Å². The monoisotopic (exact) mass is 305 g/mol. The summed E-state index contributed by atoms with van der Waals surface area (Å²) < 4.78 is 2.22. The number of rotatable bonds is 5. The van der Waals surface area contributed by atoms with Crippen LogP contribution in [0.25, 0.3) is 0 Å². The number of nitrogens with zero attached hydrogens (tertiary/aromatic N) is 4. The van der Waals surface area contributed by atoms with Gasteiger partial charge in [-0.15, -0.1) is 0 Å². The smallest absolute Gasteiger partial charge is 0.194 e. The first-order valence-corrected chi connectivity index (χ1v) is 8.63. The summed E-state index contributed by atoms with van der Waals surface area (Å²) in [6, 6.07) is 0. The van der Waals surface area contributed by atoms with E-state index >= 15 is 0 Å². The van der Waals surface area contributed by atoms with Gasteiger partial charge in [0, 0.05) is 38.6 Å². The van der Waals surface area contributed by atoms with Crippen molar-refractivity contribution in [2.24, 2.45) is 16.8 Å². The van der Waals surface area contributed by atoms with Crippen LogP contribution < -0.4 is 5.32 Å². The third-order valence-electron chi connectivity index (χ3n) is 4.15. The van der Waals surface area contributed by atoms with Gasteiger partial charge in [-0.25, -0.2) is 9.98 Å². The summed E-state index contributed by atoms with van der Waals surface area (Å²) in [7, 11) is 0. The standard InChI is InChI=1S/C17H31N5/c1-5-18-17(21-9-6-15(4)7-10-21)20-12-16-19-8-11-22(16)13-14(2)3/h8,11,14-15H,5-7,9-10,12-13H2,1-4H3,(H,18,20). The largest absolute Gasteiger partial charge is 0.357 e. The first-order valence-electron chi connectivity index (χ1n) is 8.63. The minimum absolute atomic E-state index is 0.619. The Hall–Kier alpha value is -1.52. The van der Waals surface area contributed by atoms with E-state index in [1.54, 1.807) is 0 Å². The van der Waals surface area contributed by atoms with Crippen LogP contribution in [0, 0.1) is 11.8 Å². The molecule has 1 fully saturated rings. The van der Waals surface area contributed by atoms with Gasteiger partial charge in [-0.1, -0.05) is 20.8 Å². The number of aromatic nitrogens is 2. The number of hydrogen-bond donors (Lipinski definition) is 1. The maximum Gasteiger partial charge on any atom is 0.194 e. The second-order valence-corrected chi connectivity index (χ2v) is 6.73. The number of imidazole rings is 1. The molecule has 124 valence electrons. The Bertz CT molecular complexity index is 469. The summed E-state index contributed by atoms with van der Waals surface area (Å²) in [5.41, 5.74) is 0. The van der Waals surface area contributed by atoms with Gasteiger partial charge in [0.1, 0.15) is 12.4 Å². The first kappa shape index (κ1) is 16.8. The van der Waals surface area contributed by atoms with Crippen LogP contribution in [0.15, 0.2) is 17.4 Å². The number of likely N-dealkylation sites (tertiary alicyclic amines) is 1. The molecule has 5 heteroatoms. The molecule has 1 aromatic rings. The molecule has 0 spiro atoms. The van der Waals surface area contributed by atoms with Crippen molar-refractivity contribution in [3.05, 3.63) is 18.2 Å². The van der Waals surface area contributed by atoms with Gasteiger partial charge in [-0.3, -0.25) is 0 Å². The minimum Gasteiger partial charge on any atom is -0.357 e. The van der Waals surface area contributed by atoms with Crippen LogP contribution in [-0.4, -0.2) is 40.0 Å². The molecule has 2 rings (SSSR count). The third-order valence-corrected chi connectivity index (χ3v) is 4.15. The number of guanidine groups is 1. The zero-order valence-electron chi connectivity index (χ0n) is 14.5. The molecular weight excluding hydrogens is 274 g/mol. The fourth-order valence-electron chi connectivity index (χ4n) is 2.84. The van der Waals surface area contributed by atoms with E-state index in [2.05, 4.69) is 53.7 Å². The Balaban J connectivity index is 2.02.